The number of ether oxygens (including phenoxy) is 1. The second kappa shape index (κ2) is 4.87. The van der Waals surface area contributed by atoms with E-state index >= 15 is 0 Å². The van der Waals surface area contributed by atoms with Crippen molar-refractivity contribution in [2.75, 3.05) is 7.11 Å². The zero-order valence-corrected chi connectivity index (χ0v) is 11.4. The summed E-state index contributed by atoms with van der Waals surface area (Å²) in [6.45, 7) is 5.51. The number of hydrogen-bond acceptors (Lipinski definition) is 2. The first-order chi connectivity index (χ1) is 7.40. The Morgan fingerprint density at radius 2 is 2.06 bits per heavy atom. The molecule has 1 atom stereocenters. The van der Waals surface area contributed by atoms with Crippen LogP contribution in [0, 0.1) is 13.8 Å². The van der Waals surface area contributed by atoms with Gasteiger partial charge in [0.2, 0.25) is 0 Å². The zero-order chi connectivity index (χ0) is 12.5. The van der Waals surface area contributed by atoms with Crippen LogP contribution < -0.4 is 4.74 Å². The van der Waals surface area contributed by atoms with E-state index in [0.29, 0.717) is 11.3 Å². The maximum atomic E-state index is 11.0. The van der Waals surface area contributed by atoms with Gasteiger partial charge in [-0.3, -0.25) is 4.79 Å². The zero-order valence-electron chi connectivity index (χ0n) is 9.80. The molecule has 0 heterocycles. The summed E-state index contributed by atoms with van der Waals surface area (Å²) in [7, 11) is 1.56. The molecule has 0 fully saturated rings. The first-order valence-corrected chi connectivity index (χ1v) is 5.75. The van der Waals surface area contributed by atoms with Crippen molar-refractivity contribution in [3.05, 3.63) is 27.2 Å². The van der Waals surface area contributed by atoms with Crippen molar-refractivity contribution in [3.8, 4) is 5.75 Å². The lowest BCUT2D eigenvalue weighted by molar-refractivity contribution is -0.138. The second-order valence-corrected chi connectivity index (χ2v) is 4.61. The van der Waals surface area contributed by atoms with Crippen LogP contribution in [0.4, 0.5) is 0 Å². The Labute approximate surface area is 104 Å². The summed E-state index contributed by atoms with van der Waals surface area (Å²) < 4.78 is 6.25. The summed E-state index contributed by atoms with van der Waals surface area (Å²) in [6.07, 6.45) is 0. The van der Waals surface area contributed by atoms with E-state index in [4.69, 9.17) is 9.84 Å². The summed E-state index contributed by atoms with van der Waals surface area (Å²) in [5, 5.41) is 9.04. The average molecular weight is 287 g/mol. The fourth-order valence-corrected chi connectivity index (χ4v) is 1.99. The van der Waals surface area contributed by atoms with Crippen LogP contribution in [0.5, 0.6) is 5.75 Å². The molecule has 0 spiro atoms. The van der Waals surface area contributed by atoms with Gasteiger partial charge in [0.1, 0.15) is 5.75 Å². The highest BCUT2D eigenvalue weighted by Crippen LogP contribution is 2.36. The Balaban J connectivity index is 3.44. The molecular formula is C12H15BrO3. The maximum absolute atomic E-state index is 11.0. The lowest BCUT2D eigenvalue weighted by Gasteiger charge is -2.17. The number of benzene rings is 1. The lowest BCUT2D eigenvalue weighted by Crippen LogP contribution is -2.10. The molecule has 0 saturated carbocycles. The van der Waals surface area contributed by atoms with Gasteiger partial charge in [-0.05, 0) is 26.3 Å². The van der Waals surface area contributed by atoms with Gasteiger partial charge in [0.25, 0.3) is 0 Å². The molecule has 88 valence electrons. The predicted molar refractivity (Wildman–Crippen MR) is 66.2 cm³/mol. The number of aryl methyl sites for hydroxylation is 1. The first-order valence-electron chi connectivity index (χ1n) is 4.96. The quantitative estimate of drug-likeness (QED) is 0.928. The molecule has 4 heteroatoms. The van der Waals surface area contributed by atoms with E-state index in [2.05, 4.69) is 15.9 Å². The molecule has 0 bridgehead atoms. The van der Waals surface area contributed by atoms with Crippen LogP contribution in [0.15, 0.2) is 10.5 Å². The van der Waals surface area contributed by atoms with Crippen molar-refractivity contribution in [1.82, 2.24) is 0 Å². The average Bonchev–Trinajstić information content (AvgIpc) is 2.24. The van der Waals surface area contributed by atoms with Crippen LogP contribution in [-0.4, -0.2) is 18.2 Å². The molecule has 3 nitrogen and oxygen atoms in total. The number of carboxylic acid groups (broad SMARTS) is 1. The summed E-state index contributed by atoms with van der Waals surface area (Å²) in [5.41, 5.74) is 2.67. The van der Waals surface area contributed by atoms with Crippen molar-refractivity contribution in [2.45, 2.75) is 26.7 Å². The van der Waals surface area contributed by atoms with Crippen LogP contribution in [0.25, 0.3) is 0 Å². The molecule has 1 unspecified atom stereocenters. The summed E-state index contributed by atoms with van der Waals surface area (Å²) in [5.74, 6) is -0.771. The fourth-order valence-electron chi connectivity index (χ4n) is 1.70. The Kier molecular flexibility index (Phi) is 3.97. The second-order valence-electron chi connectivity index (χ2n) is 3.81. The highest BCUT2D eigenvalue weighted by atomic mass is 79.9. The van der Waals surface area contributed by atoms with Crippen LogP contribution in [-0.2, 0) is 4.79 Å². The van der Waals surface area contributed by atoms with Gasteiger partial charge in [-0.1, -0.05) is 22.0 Å². The Morgan fingerprint density at radius 1 is 1.50 bits per heavy atom. The van der Waals surface area contributed by atoms with E-state index in [1.165, 1.54) is 0 Å². The maximum Gasteiger partial charge on any atom is 0.310 e. The Morgan fingerprint density at radius 3 is 2.50 bits per heavy atom. The van der Waals surface area contributed by atoms with E-state index in [9.17, 15) is 4.79 Å². The van der Waals surface area contributed by atoms with Crippen molar-refractivity contribution in [1.29, 1.82) is 0 Å². The molecule has 1 aromatic rings. The monoisotopic (exact) mass is 286 g/mol. The number of methoxy groups -OCH3 is 1. The van der Waals surface area contributed by atoms with Crippen molar-refractivity contribution < 1.29 is 14.6 Å². The van der Waals surface area contributed by atoms with Crippen molar-refractivity contribution in [2.24, 2.45) is 0 Å². The molecule has 1 rings (SSSR count). The molecule has 0 aromatic heterocycles. The SMILES string of the molecule is COc1c(C(C)C(=O)O)cc(C)c(Br)c1C. The minimum atomic E-state index is -0.848. The van der Waals surface area contributed by atoms with Crippen LogP contribution in [0.3, 0.4) is 0 Å². The number of hydrogen-bond donors (Lipinski definition) is 1. The van der Waals surface area contributed by atoms with Gasteiger partial charge in [0.15, 0.2) is 0 Å². The van der Waals surface area contributed by atoms with Crippen molar-refractivity contribution in [3.63, 3.8) is 0 Å². The number of rotatable bonds is 3. The fraction of sp³-hybridized carbons (Fsp3) is 0.417. The normalized spacial score (nSPS) is 12.3. The molecule has 0 radical (unpaired) electrons. The van der Waals surface area contributed by atoms with Gasteiger partial charge in [0.05, 0.1) is 13.0 Å². The third kappa shape index (κ3) is 2.21. The molecule has 0 saturated heterocycles. The predicted octanol–water partition coefficient (Wildman–Crippen LogP) is 3.26. The third-order valence-corrected chi connectivity index (χ3v) is 3.91. The standard InChI is InChI=1S/C12H15BrO3/c1-6-5-9(7(2)12(14)15)11(16-4)8(3)10(6)13/h5,7H,1-4H3,(H,14,15). The van der Waals surface area contributed by atoms with Crippen molar-refractivity contribution >= 4 is 21.9 Å². The van der Waals surface area contributed by atoms with Gasteiger partial charge in [-0.15, -0.1) is 0 Å². The summed E-state index contributed by atoms with van der Waals surface area (Å²) in [6, 6.07) is 1.86. The number of carboxylic acids is 1. The van der Waals surface area contributed by atoms with Crippen LogP contribution in [0.1, 0.15) is 29.5 Å². The molecule has 0 amide bonds. The number of carbonyl (C=O) groups is 1. The molecular weight excluding hydrogens is 272 g/mol. The molecule has 1 N–H and O–H groups in total. The summed E-state index contributed by atoms with van der Waals surface area (Å²) in [4.78, 5) is 11.0. The van der Waals surface area contributed by atoms with Gasteiger partial charge >= 0.3 is 5.97 Å². The van der Waals surface area contributed by atoms with E-state index in [-0.39, 0.29) is 0 Å². The van der Waals surface area contributed by atoms with E-state index in [1.807, 2.05) is 19.9 Å². The topological polar surface area (TPSA) is 46.5 Å². The largest absolute Gasteiger partial charge is 0.496 e. The highest BCUT2D eigenvalue weighted by molar-refractivity contribution is 9.10. The summed E-state index contributed by atoms with van der Waals surface area (Å²) >= 11 is 3.46. The minimum absolute atomic E-state index is 0.569. The Hall–Kier alpha value is -1.03. The van der Waals surface area contributed by atoms with Gasteiger partial charge in [-0.2, -0.15) is 0 Å². The lowest BCUT2D eigenvalue weighted by atomic mass is 9.95. The third-order valence-electron chi connectivity index (χ3n) is 2.69. The van der Waals surface area contributed by atoms with Gasteiger partial charge in [0, 0.05) is 15.6 Å². The smallest absolute Gasteiger partial charge is 0.310 e. The van der Waals surface area contributed by atoms with Crippen LogP contribution >= 0.6 is 15.9 Å². The molecule has 0 aliphatic heterocycles. The minimum Gasteiger partial charge on any atom is -0.496 e. The van der Waals surface area contributed by atoms with E-state index < -0.39 is 11.9 Å². The highest BCUT2D eigenvalue weighted by Gasteiger charge is 2.21. The molecule has 1 aromatic carbocycles. The molecule has 0 aliphatic carbocycles. The number of aliphatic carboxylic acids is 1. The van der Waals surface area contributed by atoms with Gasteiger partial charge < -0.3 is 9.84 Å². The molecule has 0 aliphatic rings. The van der Waals surface area contributed by atoms with Crippen LogP contribution in [0.2, 0.25) is 0 Å². The Bertz CT molecular complexity index is 427. The van der Waals surface area contributed by atoms with Gasteiger partial charge in [-0.25, -0.2) is 0 Å². The molecule has 16 heavy (non-hydrogen) atoms. The number of halogens is 1. The first kappa shape index (κ1) is 13.0. The van der Waals surface area contributed by atoms with E-state index in [1.54, 1.807) is 14.0 Å². The van der Waals surface area contributed by atoms with E-state index in [0.717, 1.165) is 15.6 Å².